The standard InChI is InChI=1S/C21H29FN6O3/c1-27(10-14-4-3-5-16(8-14)31-2)21-19(22)20(25-13-26-21)24-9-15-6-7-28(11-17(15)29)12-18(23)30/h3-5,8,13,15,17,29H,6-7,9-12H2,1-2H3,(H2,23,30)(H,24,25,26). The minimum absolute atomic E-state index is 0.0866. The number of ether oxygens (including phenoxy) is 1. The number of aliphatic hydroxyl groups excluding tert-OH is 1. The van der Waals surface area contributed by atoms with E-state index >= 15 is 4.39 Å². The molecule has 2 aromatic rings. The fourth-order valence-electron chi connectivity index (χ4n) is 3.75. The van der Waals surface area contributed by atoms with Crippen molar-refractivity contribution in [2.45, 2.75) is 19.1 Å². The van der Waals surface area contributed by atoms with Gasteiger partial charge < -0.3 is 25.8 Å². The van der Waals surface area contributed by atoms with Crippen LogP contribution in [-0.2, 0) is 11.3 Å². The number of aliphatic hydroxyl groups is 1. The van der Waals surface area contributed by atoms with Crippen LogP contribution in [0, 0.1) is 11.7 Å². The van der Waals surface area contributed by atoms with Crippen LogP contribution in [0.1, 0.15) is 12.0 Å². The maximum atomic E-state index is 15.1. The van der Waals surface area contributed by atoms with E-state index in [4.69, 9.17) is 10.5 Å². The highest BCUT2D eigenvalue weighted by molar-refractivity contribution is 5.75. The molecule has 1 fully saturated rings. The molecule has 0 radical (unpaired) electrons. The Labute approximate surface area is 181 Å². The van der Waals surface area contributed by atoms with Gasteiger partial charge in [0.15, 0.2) is 11.6 Å². The highest BCUT2D eigenvalue weighted by atomic mass is 19.1. The lowest BCUT2D eigenvalue weighted by molar-refractivity contribution is -0.120. The molecule has 10 heteroatoms. The minimum Gasteiger partial charge on any atom is -0.497 e. The van der Waals surface area contributed by atoms with Gasteiger partial charge >= 0.3 is 0 Å². The zero-order valence-electron chi connectivity index (χ0n) is 17.8. The van der Waals surface area contributed by atoms with Gasteiger partial charge in [-0.2, -0.15) is 4.39 Å². The number of rotatable bonds is 9. The first-order valence-corrected chi connectivity index (χ1v) is 10.1. The Morgan fingerprint density at radius 3 is 2.97 bits per heavy atom. The maximum Gasteiger partial charge on any atom is 0.231 e. The smallest absolute Gasteiger partial charge is 0.231 e. The number of β-amino-alcohol motifs (C(OH)–C–C–N with tert-alkyl or cyclic N) is 1. The third kappa shape index (κ3) is 6.02. The number of aromatic nitrogens is 2. The Morgan fingerprint density at radius 1 is 1.45 bits per heavy atom. The number of halogens is 1. The number of nitrogens with one attached hydrogen (secondary N) is 1. The number of nitrogens with two attached hydrogens (primary N) is 1. The van der Waals surface area contributed by atoms with Crippen LogP contribution in [-0.4, -0.2) is 72.3 Å². The summed E-state index contributed by atoms with van der Waals surface area (Å²) in [6, 6.07) is 7.55. The van der Waals surface area contributed by atoms with Gasteiger partial charge in [-0.25, -0.2) is 9.97 Å². The Morgan fingerprint density at radius 2 is 2.26 bits per heavy atom. The molecule has 0 saturated carbocycles. The largest absolute Gasteiger partial charge is 0.497 e. The number of benzene rings is 1. The molecular formula is C21H29FN6O3. The maximum absolute atomic E-state index is 15.1. The second-order valence-electron chi connectivity index (χ2n) is 7.77. The molecule has 1 aliphatic heterocycles. The van der Waals surface area contributed by atoms with Gasteiger partial charge in [0, 0.05) is 32.6 Å². The van der Waals surface area contributed by atoms with Gasteiger partial charge in [0.2, 0.25) is 11.7 Å². The van der Waals surface area contributed by atoms with Crippen LogP contribution in [0.25, 0.3) is 0 Å². The van der Waals surface area contributed by atoms with Gasteiger partial charge in [0.1, 0.15) is 12.1 Å². The summed E-state index contributed by atoms with van der Waals surface area (Å²) in [6.07, 6.45) is 1.34. The summed E-state index contributed by atoms with van der Waals surface area (Å²) in [7, 11) is 3.36. The third-order valence-electron chi connectivity index (χ3n) is 5.40. The summed E-state index contributed by atoms with van der Waals surface area (Å²) in [5.41, 5.74) is 6.17. The van der Waals surface area contributed by atoms with Gasteiger partial charge in [-0.3, -0.25) is 9.69 Å². The molecule has 2 heterocycles. The number of hydrogen-bond acceptors (Lipinski definition) is 8. The first kappa shape index (κ1) is 22.7. The van der Waals surface area contributed by atoms with Crippen molar-refractivity contribution in [1.82, 2.24) is 14.9 Å². The molecular weight excluding hydrogens is 403 g/mol. The number of nitrogens with zero attached hydrogens (tertiary/aromatic N) is 4. The zero-order chi connectivity index (χ0) is 22.4. The number of amides is 1. The minimum atomic E-state index is -0.638. The molecule has 2 atom stereocenters. The topological polar surface area (TPSA) is 117 Å². The molecule has 4 N–H and O–H groups in total. The monoisotopic (exact) mass is 432 g/mol. The van der Waals surface area contributed by atoms with Crippen LogP contribution in [0.3, 0.4) is 0 Å². The van der Waals surface area contributed by atoms with Crippen molar-refractivity contribution in [3.05, 3.63) is 42.0 Å². The number of piperidine rings is 1. The molecule has 0 bridgehead atoms. The fraction of sp³-hybridized carbons (Fsp3) is 0.476. The Balaban J connectivity index is 1.61. The summed E-state index contributed by atoms with van der Waals surface area (Å²) in [5, 5.41) is 13.4. The van der Waals surface area contributed by atoms with E-state index in [1.807, 2.05) is 29.2 Å². The first-order valence-electron chi connectivity index (χ1n) is 10.1. The number of primary amides is 1. The number of carbonyl (C=O) groups is 1. The molecule has 1 aliphatic rings. The normalized spacial score (nSPS) is 19.1. The van der Waals surface area contributed by atoms with Crippen molar-refractivity contribution in [2.75, 3.05) is 50.6 Å². The number of anilines is 2. The summed E-state index contributed by atoms with van der Waals surface area (Å²) < 4.78 is 20.3. The number of methoxy groups -OCH3 is 1. The van der Waals surface area contributed by atoms with Crippen molar-refractivity contribution >= 4 is 17.5 Å². The molecule has 2 unspecified atom stereocenters. The lowest BCUT2D eigenvalue weighted by Gasteiger charge is -2.35. The highest BCUT2D eigenvalue weighted by Gasteiger charge is 2.28. The Kier molecular flexibility index (Phi) is 7.59. The van der Waals surface area contributed by atoms with Crippen LogP contribution in [0.4, 0.5) is 16.0 Å². The van der Waals surface area contributed by atoms with E-state index in [9.17, 15) is 9.90 Å². The molecule has 1 saturated heterocycles. The van der Waals surface area contributed by atoms with Gasteiger partial charge in [-0.05, 0) is 30.7 Å². The van der Waals surface area contributed by atoms with E-state index in [-0.39, 0.29) is 24.1 Å². The van der Waals surface area contributed by atoms with Gasteiger partial charge in [-0.1, -0.05) is 12.1 Å². The van der Waals surface area contributed by atoms with Gasteiger partial charge in [0.25, 0.3) is 0 Å². The summed E-state index contributed by atoms with van der Waals surface area (Å²) in [5.74, 6) is -0.0503. The third-order valence-corrected chi connectivity index (χ3v) is 5.40. The SMILES string of the molecule is COc1cccc(CN(C)c2ncnc(NCC3CCN(CC(N)=O)CC3O)c2F)c1. The van der Waals surface area contributed by atoms with E-state index in [2.05, 4.69) is 15.3 Å². The van der Waals surface area contributed by atoms with Crippen LogP contribution < -0.4 is 20.7 Å². The van der Waals surface area contributed by atoms with E-state index in [1.54, 1.807) is 19.1 Å². The lowest BCUT2D eigenvalue weighted by Crippen LogP contribution is -2.48. The van der Waals surface area contributed by atoms with Gasteiger partial charge in [0.05, 0.1) is 19.8 Å². The molecule has 1 aromatic heterocycles. The van der Waals surface area contributed by atoms with Crippen molar-refractivity contribution in [2.24, 2.45) is 11.7 Å². The Bertz CT molecular complexity index is 899. The summed E-state index contributed by atoms with van der Waals surface area (Å²) >= 11 is 0. The summed E-state index contributed by atoms with van der Waals surface area (Å²) in [6.45, 7) is 1.93. The predicted molar refractivity (Wildman–Crippen MR) is 115 cm³/mol. The first-order chi connectivity index (χ1) is 14.9. The number of carbonyl (C=O) groups excluding carboxylic acids is 1. The number of hydrogen-bond donors (Lipinski definition) is 3. The number of likely N-dealkylation sites (tertiary alicyclic amines) is 1. The van der Waals surface area contributed by atoms with Crippen molar-refractivity contribution in [3.8, 4) is 5.75 Å². The van der Waals surface area contributed by atoms with Crippen molar-refractivity contribution < 1.29 is 19.0 Å². The molecule has 31 heavy (non-hydrogen) atoms. The molecule has 0 spiro atoms. The average Bonchev–Trinajstić information content (AvgIpc) is 2.73. The highest BCUT2D eigenvalue weighted by Crippen LogP contribution is 2.24. The zero-order valence-corrected chi connectivity index (χ0v) is 17.8. The molecule has 3 rings (SSSR count). The lowest BCUT2D eigenvalue weighted by atomic mass is 9.94. The predicted octanol–water partition coefficient (Wildman–Crippen LogP) is 0.841. The Hall–Kier alpha value is -2.98. The van der Waals surface area contributed by atoms with E-state index < -0.39 is 17.8 Å². The molecule has 168 valence electrons. The fourth-order valence-corrected chi connectivity index (χ4v) is 3.75. The van der Waals surface area contributed by atoms with E-state index in [1.165, 1.54) is 6.33 Å². The average molecular weight is 433 g/mol. The molecule has 0 aliphatic carbocycles. The van der Waals surface area contributed by atoms with Crippen LogP contribution in [0.15, 0.2) is 30.6 Å². The van der Waals surface area contributed by atoms with E-state index in [0.29, 0.717) is 32.6 Å². The molecule has 1 amide bonds. The van der Waals surface area contributed by atoms with Crippen LogP contribution in [0.2, 0.25) is 0 Å². The second-order valence-corrected chi connectivity index (χ2v) is 7.77. The quantitative estimate of drug-likeness (QED) is 0.534. The van der Waals surface area contributed by atoms with Crippen LogP contribution >= 0.6 is 0 Å². The van der Waals surface area contributed by atoms with Gasteiger partial charge in [-0.15, -0.1) is 0 Å². The summed E-state index contributed by atoms with van der Waals surface area (Å²) in [4.78, 5) is 22.7. The van der Waals surface area contributed by atoms with E-state index in [0.717, 1.165) is 11.3 Å². The second kappa shape index (κ2) is 10.4. The molecule has 9 nitrogen and oxygen atoms in total. The van der Waals surface area contributed by atoms with Crippen molar-refractivity contribution in [3.63, 3.8) is 0 Å². The molecule has 1 aromatic carbocycles. The van der Waals surface area contributed by atoms with Crippen LogP contribution in [0.5, 0.6) is 5.75 Å². The van der Waals surface area contributed by atoms with Crippen molar-refractivity contribution in [1.29, 1.82) is 0 Å².